The second-order valence-electron chi connectivity index (χ2n) is 9.88. The molecule has 8 heteroatoms. The summed E-state index contributed by atoms with van der Waals surface area (Å²) in [5, 5.41) is 11.8. The van der Waals surface area contributed by atoms with Crippen LogP contribution in [0.25, 0.3) is 11.4 Å². The van der Waals surface area contributed by atoms with Gasteiger partial charge in [0.2, 0.25) is 5.91 Å². The van der Waals surface area contributed by atoms with Crippen molar-refractivity contribution in [2.24, 2.45) is 5.92 Å². The number of fused-ring (bicyclic) bond motifs is 3. The molecule has 0 aliphatic carbocycles. The lowest BCUT2D eigenvalue weighted by atomic mass is 9.74. The molecule has 188 valence electrons. The van der Waals surface area contributed by atoms with Gasteiger partial charge in [0.15, 0.2) is 5.82 Å². The summed E-state index contributed by atoms with van der Waals surface area (Å²) in [5.41, 5.74) is 3.27. The number of carbonyl (C=O) groups is 2. The van der Waals surface area contributed by atoms with Crippen LogP contribution in [0.15, 0.2) is 30.6 Å². The molecule has 4 atom stereocenters. The number of hydrogen-bond donors (Lipinski definition) is 2. The van der Waals surface area contributed by atoms with Crippen LogP contribution < -0.4 is 5.32 Å². The zero-order valence-corrected chi connectivity index (χ0v) is 20.8. The third kappa shape index (κ3) is 6.23. The molecule has 3 aliphatic heterocycles. The number of nitrogens with one attached hydrogen (secondary N) is 1. The average Bonchev–Trinajstić information content (AvgIpc) is 2.88. The molecule has 8 nitrogen and oxygen atoms in total. The molecule has 2 N–H and O–H groups in total. The number of piperidine rings is 3. The summed E-state index contributed by atoms with van der Waals surface area (Å²) in [7, 11) is 0. The molecule has 3 saturated heterocycles. The van der Waals surface area contributed by atoms with Crippen molar-refractivity contribution in [2.45, 2.75) is 76.7 Å². The van der Waals surface area contributed by atoms with E-state index in [-0.39, 0.29) is 18.7 Å². The van der Waals surface area contributed by atoms with E-state index >= 15 is 0 Å². The molecule has 3 aliphatic rings. The maximum atomic E-state index is 12.1. The molecular weight excluding hydrogens is 442 g/mol. The van der Waals surface area contributed by atoms with Gasteiger partial charge in [-0.25, -0.2) is 9.97 Å². The Kier molecular flexibility index (Phi) is 8.44. The maximum absolute atomic E-state index is 12.1. The van der Waals surface area contributed by atoms with Crippen molar-refractivity contribution in [3.63, 3.8) is 0 Å². The van der Waals surface area contributed by atoms with E-state index in [1.807, 2.05) is 12.1 Å². The van der Waals surface area contributed by atoms with E-state index in [0.29, 0.717) is 36.8 Å². The Morgan fingerprint density at radius 3 is 2.60 bits per heavy atom. The smallest absolute Gasteiger partial charge is 0.303 e. The van der Waals surface area contributed by atoms with Crippen LogP contribution in [0.4, 0.5) is 0 Å². The predicted molar refractivity (Wildman–Crippen MR) is 134 cm³/mol. The van der Waals surface area contributed by atoms with Crippen LogP contribution in [-0.2, 0) is 9.59 Å². The Bertz CT molecular complexity index is 1010. The fourth-order valence-electron chi connectivity index (χ4n) is 5.63. The fraction of sp³-hybridized carbons (Fsp3) is 0.593. The van der Waals surface area contributed by atoms with Crippen molar-refractivity contribution in [3.05, 3.63) is 42.0 Å². The highest BCUT2D eigenvalue weighted by Crippen LogP contribution is 2.42. The molecule has 0 spiro atoms. The highest BCUT2D eigenvalue weighted by molar-refractivity contribution is 5.76. The minimum absolute atomic E-state index is 0.0338. The molecule has 2 bridgehead atoms. The third-order valence-electron chi connectivity index (χ3n) is 7.70. The van der Waals surface area contributed by atoms with Crippen molar-refractivity contribution < 1.29 is 14.7 Å². The number of carboxylic acid groups (broad SMARTS) is 1. The SMILES string of the molecule is CCC(CC)c1cc(C2CN3CCC2CC3CNC(=O)CCCC(=O)O)nc(-c2ccncc2)n1. The molecule has 0 aromatic carbocycles. The topological polar surface area (TPSA) is 108 Å². The lowest BCUT2D eigenvalue weighted by Gasteiger charge is -2.49. The van der Waals surface area contributed by atoms with Gasteiger partial charge in [0.05, 0.1) is 0 Å². The standard InChI is InChI=1S/C27H37N5O3/c1-3-18(4-2)23-15-24(31-27(30-23)19-8-11-28-12-9-19)22-17-32-13-10-20(22)14-21(32)16-29-25(33)6-5-7-26(34)35/h8-9,11-12,15,18,20-22H,3-7,10,13-14,16-17H2,1-2H3,(H,29,33)(H,34,35). The van der Waals surface area contributed by atoms with E-state index in [2.05, 4.69) is 35.1 Å². The summed E-state index contributed by atoms with van der Waals surface area (Å²) in [5.74, 6) is 1.18. The molecule has 4 unspecified atom stereocenters. The number of aromatic nitrogens is 3. The molecule has 3 fully saturated rings. The largest absolute Gasteiger partial charge is 0.481 e. The first-order valence-electron chi connectivity index (χ1n) is 13.0. The fourth-order valence-corrected chi connectivity index (χ4v) is 5.63. The number of nitrogens with zero attached hydrogens (tertiary/aromatic N) is 4. The summed E-state index contributed by atoms with van der Waals surface area (Å²) in [6.07, 6.45) is 8.54. The van der Waals surface area contributed by atoms with Gasteiger partial charge < -0.3 is 10.4 Å². The number of pyridine rings is 1. The first-order valence-corrected chi connectivity index (χ1v) is 13.0. The number of carbonyl (C=O) groups excluding carboxylic acids is 1. The van der Waals surface area contributed by atoms with Crippen LogP contribution in [0.3, 0.4) is 0 Å². The van der Waals surface area contributed by atoms with E-state index in [9.17, 15) is 9.59 Å². The third-order valence-corrected chi connectivity index (χ3v) is 7.70. The van der Waals surface area contributed by atoms with E-state index in [4.69, 9.17) is 15.1 Å². The van der Waals surface area contributed by atoms with Crippen LogP contribution in [0.2, 0.25) is 0 Å². The quantitative estimate of drug-likeness (QED) is 0.502. The van der Waals surface area contributed by atoms with Crippen molar-refractivity contribution >= 4 is 11.9 Å². The van der Waals surface area contributed by atoms with Crippen molar-refractivity contribution in [1.82, 2.24) is 25.2 Å². The number of hydrogen-bond acceptors (Lipinski definition) is 6. The van der Waals surface area contributed by atoms with Gasteiger partial charge in [0.25, 0.3) is 0 Å². The normalized spacial score (nSPS) is 23.4. The average molecular weight is 480 g/mol. The van der Waals surface area contributed by atoms with Gasteiger partial charge in [-0.3, -0.25) is 19.5 Å². The summed E-state index contributed by atoms with van der Waals surface area (Å²) in [4.78, 5) is 39.5. The molecular formula is C27H37N5O3. The predicted octanol–water partition coefficient (Wildman–Crippen LogP) is 3.99. The summed E-state index contributed by atoms with van der Waals surface area (Å²) >= 11 is 0. The minimum atomic E-state index is -0.858. The van der Waals surface area contributed by atoms with Gasteiger partial charge in [-0.05, 0) is 62.8 Å². The molecule has 0 radical (unpaired) electrons. The molecule has 2 aromatic rings. The van der Waals surface area contributed by atoms with Crippen LogP contribution >= 0.6 is 0 Å². The Balaban J connectivity index is 1.47. The number of amides is 1. The first-order chi connectivity index (χ1) is 17.0. The van der Waals surface area contributed by atoms with Gasteiger partial charge >= 0.3 is 5.97 Å². The zero-order valence-electron chi connectivity index (χ0n) is 20.8. The highest BCUT2D eigenvalue weighted by atomic mass is 16.4. The van der Waals surface area contributed by atoms with Crippen molar-refractivity contribution in [1.29, 1.82) is 0 Å². The van der Waals surface area contributed by atoms with Crippen molar-refractivity contribution in [2.75, 3.05) is 19.6 Å². The Hall–Kier alpha value is -2.87. The lowest BCUT2D eigenvalue weighted by Crippen LogP contribution is -2.56. The monoisotopic (exact) mass is 479 g/mol. The molecule has 35 heavy (non-hydrogen) atoms. The van der Waals surface area contributed by atoms with Crippen LogP contribution in [0.5, 0.6) is 0 Å². The second kappa shape index (κ2) is 11.7. The Labute approximate surface area is 207 Å². The van der Waals surface area contributed by atoms with Crippen LogP contribution in [-0.4, -0.2) is 62.5 Å². The zero-order chi connectivity index (χ0) is 24.8. The van der Waals surface area contributed by atoms with E-state index in [1.165, 1.54) is 0 Å². The van der Waals surface area contributed by atoms with Gasteiger partial charge in [-0.2, -0.15) is 0 Å². The van der Waals surface area contributed by atoms with E-state index in [0.717, 1.165) is 61.5 Å². The molecule has 5 heterocycles. The summed E-state index contributed by atoms with van der Waals surface area (Å²) in [6, 6.07) is 6.52. The summed E-state index contributed by atoms with van der Waals surface area (Å²) < 4.78 is 0. The number of rotatable bonds is 11. The van der Waals surface area contributed by atoms with Gasteiger partial charge in [0, 0.05) is 73.2 Å². The van der Waals surface area contributed by atoms with Crippen LogP contribution in [0.1, 0.15) is 82.0 Å². The van der Waals surface area contributed by atoms with Crippen molar-refractivity contribution in [3.8, 4) is 11.4 Å². The maximum Gasteiger partial charge on any atom is 0.303 e. The highest BCUT2D eigenvalue weighted by Gasteiger charge is 2.41. The van der Waals surface area contributed by atoms with E-state index < -0.39 is 5.97 Å². The number of aliphatic carboxylic acids is 1. The molecule has 1 amide bonds. The Morgan fingerprint density at radius 1 is 1.17 bits per heavy atom. The molecule has 2 aromatic heterocycles. The lowest BCUT2D eigenvalue weighted by molar-refractivity contribution is -0.137. The first kappa shape index (κ1) is 25.2. The Morgan fingerprint density at radius 2 is 1.94 bits per heavy atom. The van der Waals surface area contributed by atoms with Gasteiger partial charge in [0.1, 0.15) is 0 Å². The second-order valence-corrected chi connectivity index (χ2v) is 9.88. The number of carboxylic acids is 1. The summed E-state index contributed by atoms with van der Waals surface area (Å²) in [6.45, 7) is 7.05. The van der Waals surface area contributed by atoms with Crippen LogP contribution in [0, 0.1) is 5.92 Å². The minimum Gasteiger partial charge on any atom is -0.481 e. The van der Waals surface area contributed by atoms with Gasteiger partial charge in [-0.15, -0.1) is 0 Å². The van der Waals surface area contributed by atoms with E-state index in [1.54, 1.807) is 12.4 Å². The molecule has 5 rings (SSSR count). The molecule has 0 saturated carbocycles. The van der Waals surface area contributed by atoms with Gasteiger partial charge in [-0.1, -0.05) is 13.8 Å².